The van der Waals surface area contributed by atoms with Gasteiger partial charge in [0, 0.05) is 55.3 Å². The molecule has 0 unspecified atom stereocenters. The zero-order chi connectivity index (χ0) is 36.0. The lowest BCUT2D eigenvalue weighted by Crippen LogP contribution is -2.51. The lowest BCUT2D eigenvalue weighted by Gasteiger charge is -2.28. The Bertz CT molecular complexity index is 1350. The van der Waals surface area contributed by atoms with E-state index in [1.807, 2.05) is 0 Å². The molecular formula is C31H43N7O12. The van der Waals surface area contributed by atoms with Gasteiger partial charge in [-0.05, 0) is 37.1 Å². The highest BCUT2D eigenvalue weighted by molar-refractivity contribution is 5.94. The molecule has 0 radical (unpaired) electrons. The van der Waals surface area contributed by atoms with E-state index in [1.165, 1.54) is 53.4 Å². The number of nitro benzene ring substituents is 2. The van der Waals surface area contributed by atoms with Gasteiger partial charge in [-0.2, -0.15) is 0 Å². The van der Waals surface area contributed by atoms with Gasteiger partial charge in [-0.25, -0.2) is 9.59 Å². The summed E-state index contributed by atoms with van der Waals surface area (Å²) in [6.07, 6.45) is 0.410. The molecule has 0 aliphatic carbocycles. The maximum absolute atomic E-state index is 13.9. The highest BCUT2D eigenvalue weighted by Gasteiger charge is 2.26. The number of hydrogen-bond acceptors (Lipinski definition) is 12. The zero-order valence-electron chi connectivity index (χ0n) is 27.5. The lowest BCUT2D eigenvalue weighted by atomic mass is 10.1. The van der Waals surface area contributed by atoms with Crippen molar-refractivity contribution in [3.63, 3.8) is 0 Å². The molecule has 0 aromatic heterocycles. The van der Waals surface area contributed by atoms with Crippen LogP contribution in [0.2, 0.25) is 0 Å². The number of nitrogens with one attached hydrogen (secondary N) is 4. The second kappa shape index (κ2) is 22.6. The molecule has 0 spiro atoms. The van der Waals surface area contributed by atoms with Gasteiger partial charge in [0.25, 0.3) is 11.4 Å². The van der Waals surface area contributed by atoms with Crippen LogP contribution in [0.4, 0.5) is 32.3 Å². The fourth-order valence-electron chi connectivity index (χ4n) is 4.48. The van der Waals surface area contributed by atoms with Crippen LogP contribution in [0, 0.1) is 20.2 Å². The maximum Gasteiger partial charge on any atom is 0.319 e. The Hall–Kier alpha value is -4.95. The van der Waals surface area contributed by atoms with Gasteiger partial charge in [0.05, 0.1) is 75.9 Å². The van der Waals surface area contributed by atoms with Crippen LogP contribution in [-0.2, 0) is 28.5 Å². The van der Waals surface area contributed by atoms with Crippen LogP contribution in [0.3, 0.4) is 0 Å². The Kier molecular flexibility index (Phi) is 17.9. The molecule has 1 aliphatic rings. The minimum absolute atomic E-state index is 0.117. The van der Waals surface area contributed by atoms with Gasteiger partial charge in [-0.1, -0.05) is 0 Å². The van der Waals surface area contributed by atoms with Gasteiger partial charge in [0.1, 0.15) is 6.04 Å². The molecule has 3 rings (SSSR count). The van der Waals surface area contributed by atoms with Crippen LogP contribution in [-0.4, -0.2) is 124 Å². The second-order valence-corrected chi connectivity index (χ2v) is 10.7. The minimum atomic E-state index is -1.03. The van der Waals surface area contributed by atoms with Crippen LogP contribution in [0.1, 0.15) is 12.8 Å². The van der Waals surface area contributed by atoms with Gasteiger partial charge >= 0.3 is 12.1 Å². The molecule has 274 valence electrons. The predicted molar refractivity (Wildman–Crippen MR) is 179 cm³/mol. The number of rotatable bonds is 10. The monoisotopic (exact) mass is 705 g/mol. The lowest BCUT2D eigenvalue weighted by molar-refractivity contribution is -0.385. The summed E-state index contributed by atoms with van der Waals surface area (Å²) in [5, 5.41) is 32.3. The largest absolute Gasteiger partial charge is 0.377 e. The topological polar surface area (TPSA) is 235 Å². The molecule has 50 heavy (non-hydrogen) atoms. The minimum Gasteiger partial charge on any atom is -0.377 e. The highest BCUT2D eigenvalue weighted by atomic mass is 16.6. The highest BCUT2D eigenvalue weighted by Crippen LogP contribution is 2.16. The molecule has 2 aromatic rings. The first kappa shape index (κ1) is 39.5. The molecule has 5 amide bonds. The van der Waals surface area contributed by atoms with Crippen LogP contribution in [0.15, 0.2) is 48.5 Å². The van der Waals surface area contributed by atoms with Crippen LogP contribution in [0.25, 0.3) is 0 Å². The number of nitro groups is 2. The fraction of sp³-hybridized carbons (Fsp3) is 0.516. The first-order valence-corrected chi connectivity index (χ1v) is 16.0. The van der Waals surface area contributed by atoms with E-state index in [2.05, 4.69) is 21.3 Å². The number of urea groups is 2. The van der Waals surface area contributed by atoms with Crippen molar-refractivity contribution in [3.8, 4) is 0 Å². The van der Waals surface area contributed by atoms with E-state index >= 15 is 0 Å². The quantitative estimate of drug-likeness (QED) is 0.159. The molecule has 0 saturated carbocycles. The molecule has 1 atom stereocenters. The van der Waals surface area contributed by atoms with Crippen molar-refractivity contribution in [2.75, 3.05) is 96.3 Å². The number of benzene rings is 2. The van der Waals surface area contributed by atoms with Crippen LogP contribution in [0.5, 0.6) is 0 Å². The molecule has 1 heterocycles. The Morgan fingerprint density at radius 3 is 1.46 bits per heavy atom. The SMILES string of the molecule is O=C(NCCC[C@H](NC(=O)Nc1ccc([N+](=O)[O-])cc1)C(=O)N1CCOCCOCCOCCOCCOCC1)Nc1ccc([N+](=O)[O-])cc1. The van der Waals surface area contributed by atoms with E-state index in [1.54, 1.807) is 0 Å². The first-order chi connectivity index (χ1) is 24.2. The second-order valence-electron chi connectivity index (χ2n) is 10.7. The van der Waals surface area contributed by atoms with E-state index in [4.69, 9.17) is 23.7 Å². The summed E-state index contributed by atoms with van der Waals surface area (Å²) in [5.74, 6) is -0.412. The smallest absolute Gasteiger partial charge is 0.319 e. The number of ether oxygens (including phenoxy) is 5. The van der Waals surface area contributed by atoms with Crippen LogP contribution >= 0.6 is 0 Å². The molecule has 2 aromatic carbocycles. The normalized spacial score (nSPS) is 16.1. The van der Waals surface area contributed by atoms with E-state index in [-0.39, 0.29) is 62.8 Å². The number of anilines is 2. The number of nitrogens with zero attached hydrogens (tertiary/aromatic N) is 3. The van der Waals surface area contributed by atoms with E-state index in [0.29, 0.717) is 58.5 Å². The number of hydrogen-bond donors (Lipinski definition) is 4. The third-order valence-corrected chi connectivity index (χ3v) is 7.04. The predicted octanol–water partition coefficient (Wildman–Crippen LogP) is 2.52. The summed E-state index contributed by atoms with van der Waals surface area (Å²) in [5.41, 5.74) is 0.359. The van der Waals surface area contributed by atoms with Crippen molar-refractivity contribution in [2.45, 2.75) is 18.9 Å². The third kappa shape index (κ3) is 15.5. The van der Waals surface area contributed by atoms with Crippen LogP contribution < -0.4 is 21.3 Å². The Morgan fingerprint density at radius 1 is 0.640 bits per heavy atom. The third-order valence-electron chi connectivity index (χ3n) is 7.04. The van der Waals surface area contributed by atoms with E-state index in [9.17, 15) is 34.6 Å². The molecule has 1 saturated heterocycles. The maximum atomic E-state index is 13.9. The molecule has 1 aliphatic heterocycles. The summed E-state index contributed by atoms with van der Waals surface area (Å²) in [6, 6.07) is 8.23. The van der Waals surface area contributed by atoms with Gasteiger partial charge in [-0.3, -0.25) is 25.0 Å². The summed E-state index contributed by atoms with van der Waals surface area (Å²) >= 11 is 0. The van der Waals surface area contributed by atoms with Crippen molar-refractivity contribution >= 4 is 40.7 Å². The molecule has 1 fully saturated rings. The molecular weight excluding hydrogens is 662 g/mol. The van der Waals surface area contributed by atoms with Crippen molar-refractivity contribution in [1.82, 2.24) is 15.5 Å². The average Bonchev–Trinajstić information content (AvgIpc) is 3.09. The van der Waals surface area contributed by atoms with E-state index in [0.717, 1.165) is 0 Å². The first-order valence-electron chi connectivity index (χ1n) is 16.0. The zero-order valence-corrected chi connectivity index (χ0v) is 27.5. The standard InChI is InChI=1S/C31H43N7O12/c39-29(36-12-14-46-16-18-48-20-22-50-23-21-49-19-17-47-15-13-36)28(35-31(41)34-25-5-9-27(10-6-25)38(44)45)2-1-11-32-30(40)33-24-3-7-26(8-4-24)37(42)43/h3-10,28H,1-2,11-23H2,(H2,32,33,40)(H2,34,35,41)/t28-/m0/s1. The van der Waals surface area contributed by atoms with Gasteiger partial charge in [-0.15, -0.1) is 0 Å². The van der Waals surface area contributed by atoms with Gasteiger partial charge < -0.3 is 49.9 Å². The number of carbonyl (C=O) groups is 3. The Morgan fingerprint density at radius 2 is 1.04 bits per heavy atom. The summed E-state index contributed by atoms with van der Waals surface area (Å²) < 4.78 is 27.7. The number of amides is 5. The van der Waals surface area contributed by atoms with Gasteiger partial charge in [0.15, 0.2) is 0 Å². The van der Waals surface area contributed by atoms with E-state index < -0.39 is 33.9 Å². The molecule has 19 heteroatoms. The Labute approximate surface area is 288 Å². The molecule has 0 bridgehead atoms. The number of carbonyl (C=O) groups excluding carboxylic acids is 3. The molecule has 4 N–H and O–H groups in total. The summed E-state index contributed by atoms with van der Waals surface area (Å²) in [6.45, 7) is 3.85. The summed E-state index contributed by atoms with van der Waals surface area (Å²) in [4.78, 5) is 61.5. The van der Waals surface area contributed by atoms with Gasteiger partial charge in [0.2, 0.25) is 5.91 Å². The summed E-state index contributed by atoms with van der Waals surface area (Å²) in [7, 11) is 0. The fourth-order valence-corrected chi connectivity index (χ4v) is 4.48. The van der Waals surface area contributed by atoms with Crippen molar-refractivity contribution < 1.29 is 47.9 Å². The van der Waals surface area contributed by atoms with Crippen molar-refractivity contribution in [2.24, 2.45) is 0 Å². The van der Waals surface area contributed by atoms with Crippen molar-refractivity contribution in [3.05, 3.63) is 68.8 Å². The molecule has 19 nitrogen and oxygen atoms in total. The number of non-ortho nitro benzene ring substituents is 2. The Balaban J connectivity index is 1.62. The average molecular weight is 706 g/mol. The van der Waals surface area contributed by atoms with Crippen molar-refractivity contribution in [1.29, 1.82) is 0 Å².